The molecule has 0 aromatic rings. The monoisotopic (exact) mass is 307 g/mol. The smallest absolute Gasteiger partial charge is 0.240 e. The van der Waals surface area contributed by atoms with Crippen LogP contribution in [0.25, 0.3) is 0 Å². The Hall–Kier alpha value is -1.16. The van der Waals surface area contributed by atoms with Gasteiger partial charge in [-0.2, -0.15) is 5.26 Å². The zero-order valence-corrected chi connectivity index (χ0v) is 13.1. The second-order valence-corrected chi connectivity index (χ2v) is 7.81. The van der Waals surface area contributed by atoms with E-state index >= 15 is 0 Å². The van der Waals surface area contributed by atoms with Crippen molar-refractivity contribution in [2.75, 3.05) is 13.1 Å². The van der Waals surface area contributed by atoms with Crippen LogP contribution in [0.4, 0.5) is 0 Å². The summed E-state index contributed by atoms with van der Waals surface area (Å²) in [5.74, 6) is -0.00524. The van der Waals surface area contributed by atoms with Crippen LogP contribution in [0, 0.1) is 22.7 Å². The Morgan fingerprint density at radius 3 is 2.36 bits per heavy atom. The van der Waals surface area contributed by atoms with Gasteiger partial charge in [0.2, 0.25) is 5.91 Å². The molecule has 4 rings (SSSR count). The van der Waals surface area contributed by atoms with Gasteiger partial charge in [-0.3, -0.25) is 4.79 Å². The zero-order valence-electron chi connectivity index (χ0n) is 13.1. The average Bonchev–Trinajstić information content (AvgIpc) is 2.39. The van der Waals surface area contributed by atoms with E-state index in [2.05, 4.69) is 0 Å². The second kappa shape index (κ2) is 4.92. The number of hydrogen-bond acceptors (Lipinski definition) is 5. The van der Waals surface area contributed by atoms with Crippen LogP contribution >= 0.6 is 0 Å². The minimum atomic E-state index is -0.891. The maximum absolute atomic E-state index is 12.7. The van der Waals surface area contributed by atoms with Crippen molar-refractivity contribution in [3.63, 3.8) is 0 Å². The summed E-state index contributed by atoms with van der Waals surface area (Å²) in [6.07, 6.45) is 3.55. The fraction of sp³-hybridized carbons (Fsp3) is 0.875. The van der Waals surface area contributed by atoms with Gasteiger partial charge in [-0.05, 0) is 44.9 Å². The summed E-state index contributed by atoms with van der Waals surface area (Å²) in [4.78, 5) is 14.1. The molecule has 6 heteroatoms. The molecule has 0 radical (unpaired) electrons. The topological polar surface area (TPSA) is 111 Å². The first-order valence-electron chi connectivity index (χ1n) is 8.11. The number of nitrogens with zero attached hydrogens (tertiary/aromatic N) is 2. The summed E-state index contributed by atoms with van der Waals surface area (Å²) in [6.45, 7) is 2.29. The van der Waals surface area contributed by atoms with E-state index in [-0.39, 0.29) is 18.4 Å². The van der Waals surface area contributed by atoms with Crippen LogP contribution in [0.5, 0.6) is 0 Å². The van der Waals surface area contributed by atoms with Gasteiger partial charge in [-0.15, -0.1) is 0 Å². The van der Waals surface area contributed by atoms with Crippen LogP contribution in [0.1, 0.15) is 45.4 Å². The third-order valence-electron chi connectivity index (χ3n) is 5.93. The van der Waals surface area contributed by atoms with Gasteiger partial charge in [0, 0.05) is 18.4 Å². The highest BCUT2D eigenvalue weighted by atomic mass is 16.3. The molecule has 22 heavy (non-hydrogen) atoms. The number of likely N-dealkylation sites (N-methyl/N-ethyl adjacent to an activating group) is 1. The first-order chi connectivity index (χ1) is 10.2. The summed E-state index contributed by atoms with van der Waals surface area (Å²) >= 11 is 0. The molecule has 2 unspecified atom stereocenters. The van der Waals surface area contributed by atoms with E-state index in [1.54, 1.807) is 0 Å². The SMILES string of the molecule is CCN(CC#N)C(=O)[C@@H](N)C12CC3CC(O)(CC(O)(C3)C1)C2. The third kappa shape index (κ3) is 2.32. The molecule has 122 valence electrons. The van der Waals surface area contributed by atoms with Crippen LogP contribution in [-0.4, -0.2) is 51.4 Å². The quantitative estimate of drug-likeness (QED) is 0.639. The van der Waals surface area contributed by atoms with Gasteiger partial charge < -0.3 is 20.8 Å². The molecule has 4 fully saturated rings. The number of amides is 1. The molecule has 3 atom stereocenters. The predicted octanol–water partition coefficient (Wildman–Crippen LogP) is 0.132. The highest BCUT2D eigenvalue weighted by Crippen LogP contribution is 2.64. The van der Waals surface area contributed by atoms with Crippen molar-refractivity contribution in [2.24, 2.45) is 17.1 Å². The highest BCUT2D eigenvalue weighted by molar-refractivity contribution is 5.83. The molecule has 0 saturated heterocycles. The van der Waals surface area contributed by atoms with Crippen molar-refractivity contribution < 1.29 is 15.0 Å². The van der Waals surface area contributed by atoms with Crippen LogP contribution in [0.3, 0.4) is 0 Å². The summed E-state index contributed by atoms with van der Waals surface area (Å²) in [5, 5.41) is 30.4. The van der Waals surface area contributed by atoms with E-state index in [9.17, 15) is 15.0 Å². The van der Waals surface area contributed by atoms with Crippen LogP contribution in [0.15, 0.2) is 0 Å². The van der Waals surface area contributed by atoms with Gasteiger partial charge in [0.1, 0.15) is 6.54 Å². The Bertz CT molecular complexity index is 511. The average molecular weight is 307 g/mol. The van der Waals surface area contributed by atoms with E-state index in [0.717, 1.165) is 6.42 Å². The maximum atomic E-state index is 12.7. The fourth-order valence-electron chi connectivity index (χ4n) is 5.65. The number of nitriles is 1. The molecule has 0 aromatic carbocycles. The van der Waals surface area contributed by atoms with E-state index in [0.29, 0.717) is 38.6 Å². The number of rotatable bonds is 4. The Labute approximate surface area is 130 Å². The van der Waals surface area contributed by atoms with E-state index in [4.69, 9.17) is 11.0 Å². The Kier molecular flexibility index (Phi) is 3.52. The summed E-state index contributed by atoms with van der Waals surface area (Å²) < 4.78 is 0. The fourth-order valence-corrected chi connectivity index (χ4v) is 5.65. The first-order valence-corrected chi connectivity index (χ1v) is 8.11. The standard InChI is InChI=1S/C16H25N3O3/c1-2-19(4-3-17)13(20)12(18)14-5-11-6-15(21,8-14)10-16(22,7-11)9-14/h11-12,21-22H,2,4-10,18H2,1H3/t11?,12-,14?,15?,16?/m1/s1. The second-order valence-electron chi connectivity index (χ2n) is 7.81. The largest absolute Gasteiger partial charge is 0.390 e. The number of nitrogens with two attached hydrogens (primary N) is 1. The highest BCUT2D eigenvalue weighted by Gasteiger charge is 2.65. The van der Waals surface area contributed by atoms with Gasteiger partial charge in [-0.25, -0.2) is 0 Å². The van der Waals surface area contributed by atoms with Crippen molar-refractivity contribution in [1.82, 2.24) is 4.90 Å². The van der Waals surface area contributed by atoms with Crippen molar-refractivity contribution in [3.05, 3.63) is 0 Å². The lowest BCUT2D eigenvalue weighted by atomic mass is 9.44. The molecular formula is C16H25N3O3. The zero-order chi connectivity index (χ0) is 16.2. The van der Waals surface area contributed by atoms with Crippen molar-refractivity contribution in [2.45, 2.75) is 62.7 Å². The molecule has 4 saturated carbocycles. The Morgan fingerprint density at radius 2 is 1.91 bits per heavy atom. The van der Waals surface area contributed by atoms with Crippen LogP contribution < -0.4 is 5.73 Å². The van der Waals surface area contributed by atoms with Crippen molar-refractivity contribution in [3.8, 4) is 6.07 Å². The van der Waals surface area contributed by atoms with Crippen LogP contribution in [0.2, 0.25) is 0 Å². The molecule has 4 N–H and O–H groups in total. The number of hydrogen-bond donors (Lipinski definition) is 3. The minimum Gasteiger partial charge on any atom is -0.390 e. The molecular weight excluding hydrogens is 282 g/mol. The number of carbonyl (C=O) groups is 1. The third-order valence-corrected chi connectivity index (χ3v) is 5.93. The molecule has 4 bridgehead atoms. The van der Waals surface area contributed by atoms with Gasteiger partial charge in [-0.1, -0.05) is 0 Å². The molecule has 0 aromatic heterocycles. The van der Waals surface area contributed by atoms with E-state index in [1.807, 2.05) is 13.0 Å². The first kappa shape index (κ1) is 15.7. The lowest BCUT2D eigenvalue weighted by molar-refractivity contribution is -0.234. The van der Waals surface area contributed by atoms with Gasteiger partial charge in [0.25, 0.3) is 0 Å². The van der Waals surface area contributed by atoms with Gasteiger partial charge in [0.15, 0.2) is 0 Å². The molecule has 4 aliphatic carbocycles. The predicted molar refractivity (Wildman–Crippen MR) is 79.4 cm³/mol. The Balaban J connectivity index is 1.87. The van der Waals surface area contributed by atoms with Gasteiger partial charge in [0.05, 0.1) is 23.3 Å². The Morgan fingerprint density at radius 1 is 1.32 bits per heavy atom. The summed E-state index contributed by atoms with van der Waals surface area (Å²) in [7, 11) is 0. The lowest BCUT2D eigenvalue weighted by Gasteiger charge is -2.64. The molecule has 0 aliphatic heterocycles. The maximum Gasteiger partial charge on any atom is 0.240 e. The van der Waals surface area contributed by atoms with E-state index < -0.39 is 22.7 Å². The van der Waals surface area contributed by atoms with Crippen LogP contribution in [-0.2, 0) is 4.79 Å². The van der Waals surface area contributed by atoms with Gasteiger partial charge >= 0.3 is 0 Å². The summed E-state index contributed by atoms with van der Waals surface area (Å²) in [5.41, 5.74) is 4.00. The lowest BCUT2D eigenvalue weighted by Crippen LogP contribution is -2.69. The molecule has 6 nitrogen and oxygen atoms in total. The normalized spacial score (nSPS) is 43.7. The number of carbonyl (C=O) groups excluding carboxylic acids is 1. The van der Waals surface area contributed by atoms with E-state index in [1.165, 1.54) is 4.90 Å². The molecule has 1 amide bonds. The molecule has 0 spiro atoms. The van der Waals surface area contributed by atoms with Crippen molar-refractivity contribution >= 4 is 5.91 Å². The summed E-state index contributed by atoms with van der Waals surface area (Å²) in [6, 6.07) is 1.23. The van der Waals surface area contributed by atoms with Crippen molar-refractivity contribution in [1.29, 1.82) is 5.26 Å². The molecule has 0 heterocycles. The molecule has 4 aliphatic rings. The minimum absolute atomic E-state index is 0.0249. The number of aliphatic hydroxyl groups is 2.